The molecule has 14 heavy (non-hydrogen) atoms. The molecule has 72 valence electrons. The van der Waals surface area contributed by atoms with Gasteiger partial charge in [-0.05, 0) is 37.1 Å². The SMILES string of the molecule is Cc1[nH]c2cccc3c2c1CNCC3. The number of rotatable bonds is 0. The Morgan fingerprint density at radius 2 is 2.21 bits per heavy atom. The van der Waals surface area contributed by atoms with Gasteiger partial charge in [0.1, 0.15) is 0 Å². The van der Waals surface area contributed by atoms with Gasteiger partial charge in [-0.15, -0.1) is 0 Å². The number of nitrogens with one attached hydrogen (secondary N) is 2. The van der Waals surface area contributed by atoms with Gasteiger partial charge >= 0.3 is 0 Å². The van der Waals surface area contributed by atoms with Crippen LogP contribution in [0.4, 0.5) is 0 Å². The zero-order chi connectivity index (χ0) is 9.54. The molecule has 0 aliphatic carbocycles. The number of hydrogen-bond donors (Lipinski definition) is 2. The molecule has 1 aromatic carbocycles. The summed E-state index contributed by atoms with van der Waals surface area (Å²) in [5, 5.41) is 4.91. The van der Waals surface area contributed by atoms with Crippen LogP contribution in [0.2, 0.25) is 0 Å². The third-order valence-electron chi connectivity index (χ3n) is 3.10. The van der Waals surface area contributed by atoms with E-state index < -0.39 is 0 Å². The summed E-state index contributed by atoms with van der Waals surface area (Å²) in [6.45, 7) is 4.25. The van der Waals surface area contributed by atoms with E-state index in [0.717, 1.165) is 19.5 Å². The van der Waals surface area contributed by atoms with E-state index >= 15 is 0 Å². The smallest absolute Gasteiger partial charge is 0.0462 e. The van der Waals surface area contributed by atoms with Crippen LogP contribution in [0.3, 0.4) is 0 Å². The van der Waals surface area contributed by atoms with Gasteiger partial charge in [0, 0.05) is 23.1 Å². The van der Waals surface area contributed by atoms with Gasteiger partial charge in [0.2, 0.25) is 0 Å². The normalized spacial score (nSPS) is 15.8. The molecule has 2 aromatic rings. The van der Waals surface area contributed by atoms with Gasteiger partial charge in [-0.3, -0.25) is 0 Å². The van der Waals surface area contributed by atoms with E-state index in [9.17, 15) is 0 Å². The molecule has 3 rings (SSSR count). The molecule has 0 radical (unpaired) electrons. The van der Waals surface area contributed by atoms with Crippen molar-refractivity contribution < 1.29 is 0 Å². The van der Waals surface area contributed by atoms with E-state index in [-0.39, 0.29) is 0 Å². The van der Waals surface area contributed by atoms with Crippen molar-refractivity contribution in [3.05, 3.63) is 35.0 Å². The predicted molar refractivity (Wildman–Crippen MR) is 58.4 cm³/mol. The maximum Gasteiger partial charge on any atom is 0.0462 e. The van der Waals surface area contributed by atoms with Gasteiger partial charge in [-0.2, -0.15) is 0 Å². The van der Waals surface area contributed by atoms with Crippen LogP contribution < -0.4 is 5.32 Å². The molecule has 2 N–H and O–H groups in total. The molecular weight excluding hydrogens is 172 g/mol. The molecule has 2 nitrogen and oxygen atoms in total. The van der Waals surface area contributed by atoms with Gasteiger partial charge in [-0.25, -0.2) is 0 Å². The summed E-state index contributed by atoms with van der Waals surface area (Å²) in [4.78, 5) is 3.45. The lowest BCUT2D eigenvalue weighted by Gasteiger charge is -1.99. The second-order valence-electron chi connectivity index (χ2n) is 4.00. The Labute approximate surface area is 83.3 Å². The highest BCUT2D eigenvalue weighted by molar-refractivity contribution is 5.88. The minimum atomic E-state index is 1.00. The van der Waals surface area contributed by atoms with Crippen molar-refractivity contribution >= 4 is 10.9 Å². The molecule has 0 spiro atoms. The van der Waals surface area contributed by atoms with Gasteiger partial charge in [-0.1, -0.05) is 12.1 Å². The van der Waals surface area contributed by atoms with Crippen molar-refractivity contribution in [3.63, 3.8) is 0 Å². The minimum Gasteiger partial charge on any atom is -0.358 e. The number of hydrogen-bond acceptors (Lipinski definition) is 1. The molecule has 0 unspecified atom stereocenters. The zero-order valence-electron chi connectivity index (χ0n) is 8.35. The Balaban J connectivity index is 2.42. The minimum absolute atomic E-state index is 1.00. The van der Waals surface area contributed by atoms with Crippen molar-refractivity contribution in [2.45, 2.75) is 19.9 Å². The molecule has 0 amide bonds. The van der Waals surface area contributed by atoms with E-state index in [0.29, 0.717) is 0 Å². The van der Waals surface area contributed by atoms with Gasteiger partial charge < -0.3 is 10.3 Å². The summed E-state index contributed by atoms with van der Waals surface area (Å²) in [6.07, 6.45) is 1.14. The van der Waals surface area contributed by atoms with E-state index in [1.807, 2.05) is 0 Å². The van der Waals surface area contributed by atoms with Crippen LogP contribution in [-0.2, 0) is 13.0 Å². The van der Waals surface area contributed by atoms with E-state index in [1.54, 1.807) is 0 Å². The maximum atomic E-state index is 3.46. The van der Waals surface area contributed by atoms with Crippen LogP contribution in [0, 0.1) is 6.92 Å². The molecule has 1 aromatic heterocycles. The highest BCUT2D eigenvalue weighted by Gasteiger charge is 2.13. The highest BCUT2D eigenvalue weighted by atomic mass is 14.9. The first-order valence-corrected chi connectivity index (χ1v) is 5.16. The number of aryl methyl sites for hydroxylation is 1. The summed E-state index contributed by atoms with van der Waals surface area (Å²) in [6, 6.07) is 6.55. The second-order valence-corrected chi connectivity index (χ2v) is 4.00. The predicted octanol–water partition coefficient (Wildman–Crippen LogP) is 2.12. The molecule has 0 bridgehead atoms. The van der Waals surface area contributed by atoms with E-state index in [2.05, 4.69) is 35.4 Å². The van der Waals surface area contributed by atoms with Crippen LogP contribution in [0.1, 0.15) is 16.8 Å². The number of benzene rings is 1. The molecular formula is C12H14N2. The molecule has 0 saturated carbocycles. The average molecular weight is 186 g/mol. The van der Waals surface area contributed by atoms with Crippen molar-refractivity contribution in [2.24, 2.45) is 0 Å². The molecule has 0 fully saturated rings. The Kier molecular flexibility index (Phi) is 1.64. The van der Waals surface area contributed by atoms with Crippen molar-refractivity contribution in [1.82, 2.24) is 10.3 Å². The van der Waals surface area contributed by atoms with Gasteiger partial charge in [0.15, 0.2) is 0 Å². The van der Waals surface area contributed by atoms with E-state index in [1.165, 1.54) is 27.7 Å². The standard InChI is InChI=1S/C12H14N2/c1-8-10-7-13-6-5-9-3-2-4-11(14-8)12(9)10/h2-4,13-14H,5-7H2,1H3. The fourth-order valence-electron chi connectivity index (χ4n) is 2.39. The van der Waals surface area contributed by atoms with Crippen LogP contribution in [0.15, 0.2) is 18.2 Å². The monoisotopic (exact) mass is 186 g/mol. The fourth-order valence-corrected chi connectivity index (χ4v) is 2.39. The molecule has 2 heteroatoms. The number of aromatic nitrogens is 1. The fraction of sp³-hybridized carbons (Fsp3) is 0.333. The van der Waals surface area contributed by atoms with Crippen molar-refractivity contribution in [3.8, 4) is 0 Å². The summed E-state index contributed by atoms with van der Waals surface area (Å²) in [7, 11) is 0. The molecule has 2 heterocycles. The van der Waals surface area contributed by atoms with Crippen molar-refractivity contribution in [2.75, 3.05) is 6.54 Å². The Morgan fingerprint density at radius 3 is 3.14 bits per heavy atom. The first kappa shape index (κ1) is 8.06. The molecule has 1 aliphatic rings. The first-order chi connectivity index (χ1) is 6.86. The van der Waals surface area contributed by atoms with Gasteiger partial charge in [0.05, 0.1) is 0 Å². The highest BCUT2D eigenvalue weighted by Crippen LogP contribution is 2.27. The summed E-state index contributed by atoms with van der Waals surface area (Å²) >= 11 is 0. The number of H-pyrrole nitrogens is 1. The van der Waals surface area contributed by atoms with Crippen LogP contribution in [-0.4, -0.2) is 11.5 Å². The van der Waals surface area contributed by atoms with Crippen LogP contribution in [0.5, 0.6) is 0 Å². The molecule has 0 saturated heterocycles. The number of aromatic amines is 1. The molecule has 1 aliphatic heterocycles. The Hall–Kier alpha value is -1.28. The van der Waals surface area contributed by atoms with Gasteiger partial charge in [0.25, 0.3) is 0 Å². The van der Waals surface area contributed by atoms with Crippen molar-refractivity contribution in [1.29, 1.82) is 0 Å². The second kappa shape index (κ2) is 2.85. The lowest BCUT2D eigenvalue weighted by Crippen LogP contribution is -2.14. The molecule has 0 atom stereocenters. The van der Waals surface area contributed by atoms with Crippen LogP contribution >= 0.6 is 0 Å². The quantitative estimate of drug-likeness (QED) is 0.648. The average Bonchev–Trinajstić information content (AvgIpc) is 2.39. The van der Waals surface area contributed by atoms with E-state index in [4.69, 9.17) is 0 Å². The first-order valence-electron chi connectivity index (χ1n) is 5.16. The zero-order valence-corrected chi connectivity index (χ0v) is 8.35. The third-order valence-corrected chi connectivity index (χ3v) is 3.10. The Bertz CT molecular complexity index is 482. The third kappa shape index (κ3) is 1.01. The lowest BCUT2D eigenvalue weighted by molar-refractivity contribution is 0.699. The maximum absolute atomic E-state index is 3.46. The topological polar surface area (TPSA) is 27.8 Å². The largest absolute Gasteiger partial charge is 0.358 e. The summed E-state index contributed by atoms with van der Waals surface area (Å²) < 4.78 is 0. The summed E-state index contributed by atoms with van der Waals surface area (Å²) in [5.74, 6) is 0. The lowest BCUT2D eigenvalue weighted by atomic mass is 10.0. The van der Waals surface area contributed by atoms with Crippen LogP contribution in [0.25, 0.3) is 10.9 Å². The Morgan fingerprint density at radius 1 is 1.29 bits per heavy atom. The summed E-state index contributed by atoms with van der Waals surface area (Å²) in [5.41, 5.74) is 5.53.